The van der Waals surface area contributed by atoms with Crippen LogP contribution in [0.1, 0.15) is 5.69 Å². The molecule has 3 N–H and O–H groups in total. The number of non-ortho nitro benzene ring substituents is 1. The largest absolute Gasteiger partial charge is 0.375 e. The first kappa shape index (κ1) is 15.4. The molecular formula is C12H11N4O5S+. The molecule has 1 aromatic heterocycles. The lowest BCUT2D eigenvalue weighted by Gasteiger charge is -2.01. The number of nitro benzene ring substituents is 1. The molecule has 1 heterocycles. The molecule has 0 atom stereocenters. The topological polar surface area (TPSA) is 139 Å². The Morgan fingerprint density at radius 2 is 1.91 bits per heavy atom. The monoisotopic (exact) mass is 323 g/mol. The minimum atomic E-state index is -4.21. The minimum absolute atomic E-state index is 0.161. The Labute approximate surface area is 125 Å². The van der Waals surface area contributed by atoms with Crippen molar-refractivity contribution < 1.29 is 22.6 Å². The number of aromatic nitrogens is 1. The fourth-order valence-electron chi connectivity index (χ4n) is 1.47. The van der Waals surface area contributed by atoms with Crippen molar-refractivity contribution in [3.63, 3.8) is 0 Å². The highest BCUT2D eigenvalue weighted by Gasteiger charge is 2.18. The molecule has 0 unspecified atom stereocenters. The number of rotatable bonds is 5. The maximum atomic E-state index is 11.9. The number of benzene rings is 1. The molecule has 0 spiro atoms. The third-order valence-corrected chi connectivity index (χ3v) is 3.68. The first-order valence-electron chi connectivity index (χ1n) is 5.89. The predicted molar refractivity (Wildman–Crippen MR) is 75.1 cm³/mol. The Morgan fingerprint density at radius 1 is 1.23 bits per heavy atom. The standard InChI is InChI=1S/C12H10N4O5S/c13-12(11-3-1-2-8-14-11)15-21-22(19,20)10-6-4-9(5-7-10)16(17)18/h1-8H,(H2,13,15)/p+1. The fraction of sp³-hybridized carbons (Fsp3) is 0. The van der Waals surface area contributed by atoms with Gasteiger partial charge in [0.05, 0.1) is 4.92 Å². The van der Waals surface area contributed by atoms with Crippen molar-refractivity contribution in [3.8, 4) is 0 Å². The van der Waals surface area contributed by atoms with Gasteiger partial charge in [0.15, 0.2) is 6.20 Å². The van der Waals surface area contributed by atoms with Crippen LogP contribution in [-0.4, -0.2) is 19.2 Å². The summed E-state index contributed by atoms with van der Waals surface area (Å²) in [5, 5.41) is 13.9. The smallest absolute Gasteiger partial charge is 0.358 e. The molecule has 0 amide bonds. The summed E-state index contributed by atoms with van der Waals surface area (Å²) in [5.74, 6) is -0.161. The van der Waals surface area contributed by atoms with Gasteiger partial charge in [-0.3, -0.25) is 14.4 Å². The van der Waals surface area contributed by atoms with Crippen molar-refractivity contribution in [1.82, 2.24) is 0 Å². The van der Waals surface area contributed by atoms with E-state index in [0.29, 0.717) is 5.69 Å². The molecule has 0 bridgehead atoms. The van der Waals surface area contributed by atoms with E-state index in [0.717, 1.165) is 24.3 Å². The number of hydrogen-bond donors (Lipinski definition) is 1. The maximum Gasteiger partial charge on any atom is 0.358 e. The van der Waals surface area contributed by atoms with Gasteiger partial charge in [-0.1, -0.05) is 0 Å². The van der Waals surface area contributed by atoms with Crippen LogP contribution >= 0.6 is 0 Å². The Kier molecular flexibility index (Phi) is 4.32. The lowest BCUT2D eigenvalue weighted by molar-refractivity contribution is -0.384. The average molecular weight is 323 g/mol. The van der Waals surface area contributed by atoms with Crippen LogP contribution in [0.3, 0.4) is 0 Å². The number of nitrogens with two attached hydrogens (primary N) is 1. The van der Waals surface area contributed by atoms with E-state index in [1.54, 1.807) is 24.4 Å². The highest BCUT2D eigenvalue weighted by molar-refractivity contribution is 7.86. The van der Waals surface area contributed by atoms with E-state index in [4.69, 9.17) is 5.73 Å². The second kappa shape index (κ2) is 6.18. The molecule has 0 aliphatic carbocycles. The maximum absolute atomic E-state index is 11.9. The van der Waals surface area contributed by atoms with Crippen molar-refractivity contribution in [3.05, 3.63) is 64.5 Å². The van der Waals surface area contributed by atoms with Gasteiger partial charge >= 0.3 is 10.1 Å². The van der Waals surface area contributed by atoms with Crippen molar-refractivity contribution in [2.75, 3.05) is 0 Å². The molecule has 2 rings (SSSR count). The normalized spacial score (nSPS) is 11.9. The van der Waals surface area contributed by atoms with Crippen LogP contribution in [0.5, 0.6) is 0 Å². The van der Waals surface area contributed by atoms with Gasteiger partial charge in [-0.15, -0.1) is 0 Å². The molecule has 0 fully saturated rings. The summed E-state index contributed by atoms with van der Waals surface area (Å²) in [6, 6.07) is 9.18. The zero-order valence-corrected chi connectivity index (χ0v) is 11.9. The van der Waals surface area contributed by atoms with Gasteiger partial charge in [0.1, 0.15) is 4.90 Å². The van der Waals surface area contributed by atoms with Crippen molar-refractivity contribution in [2.45, 2.75) is 4.90 Å². The van der Waals surface area contributed by atoms with E-state index in [1.165, 1.54) is 0 Å². The molecule has 0 radical (unpaired) electrons. The van der Waals surface area contributed by atoms with Crippen LogP contribution in [0.2, 0.25) is 0 Å². The van der Waals surface area contributed by atoms with Crippen LogP contribution < -0.4 is 10.7 Å². The number of H-pyrrole nitrogens is 1. The molecule has 9 nitrogen and oxygen atoms in total. The van der Waals surface area contributed by atoms with Crippen LogP contribution in [0.4, 0.5) is 5.69 Å². The number of nitro groups is 1. The van der Waals surface area contributed by atoms with Crippen LogP contribution in [-0.2, 0) is 14.4 Å². The summed E-state index contributed by atoms with van der Waals surface area (Å²) in [7, 11) is -4.21. The van der Waals surface area contributed by atoms with Crippen LogP contribution in [0, 0.1) is 10.1 Å². The number of aromatic amines is 1. The van der Waals surface area contributed by atoms with E-state index in [9.17, 15) is 18.5 Å². The number of nitrogens with one attached hydrogen (secondary N) is 1. The lowest BCUT2D eigenvalue weighted by Crippen LogP contribution is -2.24. The summed E-state index contributed by atoms with van der Waals surface area (Å²) >= 11 is 0. The van der Waals surface area contributed by atoms with Crippen LogP contribution in [0.15, 0.2) is 58.7 Å². The van der Waals surface area contributed by atoms with Gasteiger partial charge in [-0.25, -0.2) is 4.98 Å². The van der Waals surface area contributed by atoms with Gasteiger partial charge in [-0.2, -0.15) is 8.42 Å². The zero-order valence-electron chi connectivity index (χ0n) is 11.0. The quantitative estimate of drug-likeness (QED) is 0.366. The Morgan fingerprint density at radius 3 is 2.45 bits per heavy atom. The molecule has 2 aromatic rings. The molecule has 0 aliphatic heterocycles. The SMILES string of the molecule is NC(=NOS(=O)(=O)c1ccc([N+](=O)[O-])cc1)c1cccc[nH+]1. The van der Waals surface area contributed by atoms with Crippen molar-refractivity contribution in [2.24, 2.45) is 10.9 Å². The average Bonchev–Trinajstić information content (AvgIpc) is 2.53. The number of nitrogens with zero attached hydrogens (tertiary/aromatic N) is 2. The fourth-order valence-corrected chi connectivity index (χ4v) is 2.20. The first-order valence-corrected chi connectivity index (χ1v) is 7.29. The van der Waals surface area contributed by atoms with E-state index < -0.39 is 15.0 Å². The minimum Gasteiger partial charge on any atom is -0.375 e. The molecule has 0 saturated heterocycles. The highest BCUT2D eigenvalue weighted by atomic mass is 32.2. The third kappa shape index (κ3) is 3.55. The van der Waals surface area contributed by atoms with E-state index in [2.05, 4.69) is 14.4 Å². The number of pyridine rings is 1. The lowest BCUT2D eigenvalue weighted by atomic mass is 10.3. The summed E-state index contributed by atoms with van der Waals surface area (Å²) < 4.78 is 28.2. The van der Waals surface area contributed by atoms with Crippen LogP contribution in [0.25, 0.3) is 0 Å². The van der Waals surface area contributed by atoms with E-state index in [1.807, 2.05) is 0 Å². The molecule has 22 heavy (non-hydrogen) atoms. The summed E-state index contributed by atoms with van der Waals surface area (Å²) in [6.07, 6.45) is 1.59. The summed E-state index contributed by atoms with van der Waals surface area (Å²) in [5.41, 5.74) is 5.73. The number of oxime groups is 1. The molecule has 10 heteroatoms. The molecule has 0 saturated carbocycles. The molecule has 0 aliphatic rings. The third-order valence-electron chi connectivity index (χ3n) is 2.55. The van der Waals surface area contributed by atoms with E-state index >= 15 is 0 Å². The summed E-state index contributed by atoms with van der Waals surface area (Å²) in [4.78, 5) is 12.4. The highest BCUT2D eigenvalue weighted by Crippen LogP contribution is 2.17. The number of hydrogen-bond acceptors (Lipinski definition) is 6. The van der Waals surface area contributed by atoms with Crippen molar-refractivity contribution >= 4 is 21.6 Å². The Bertz CT molecular complexity index is 803. The summed E-state index contributed by atoms with van der Waals surface area (Å²) in [6.45, 7) is 0. The van der Waals surface area contributed by atoms with Gasteiger partial charge < -0.3 is 5.73 Å². The van der Waals surface area contributed by atoms with Gasteiger partial charge in [0, 0.05) is 24.3 Å². The molecule has 114 valence electrons. The molecular weight excluding hydrogens is 312 g/mol. The second-order valence-electron chi connectivity index (χ2n) is 4.03. The Hall–Kier alpha value is -3.01. The molecule has 1 aromatic carbocycles. The van der Waals surface area contributed by atoms with Gasteiger partial charge in [0.25, 0.3) is 5.69 Å². The Balaban J connectivity index is 2.19. The zero-order chi connectivity index (χ0) is 16.2. The van der Waals surface area contributed by atoms with Gasteiger partial charge in [-0.05, 0) is 23.4 Å². The number of amidine groups is 1. The first-order chi connectivity index (χ1) is 10.4. The van der Waals surface area contributed by atoms with Gasteiger partial charge in [0.2, 0.25) is 11.5 Å². The van der Waals surface area contributed by atoms with E-state index in [-0.39, 0.29) is 16.4 Å². The predicted octanol–water partition coefficient (Wildman–Crippen LogP) is 0.435. The van der Waals surface area contributed by atoms with Crippen molar-refractivity contribution in [1.29, 1.82) is 0 Å². The second-order valence-corrected chi connectivity index (χ2v) is 5.56.